The Morgan fingerprint density at radius 2 is 1.84 bits per heavy atom. The SMILES string of the molecule is CCc1cccc(NC(=O)c2ccc(Cn3ccn4nc5c(c4c3=O)CCCC5)cc2)c1. The van der Waals surface area contributed by atoms with Crippen molar-refractivity contribution in [1.82, 2.24) is 14.2 Å². The highest BCUT2D eigenvalue weighted by atomic mass is 16.1. The van der Waals surface area contributed by atoms with Crippen LogP contribution in [-0.4, -0.2) is 20.1 Å². The van der Waals surface area contributed by atoms with E-state index in [9.17, 15) is 9.59 Å². The molecule has 0 bridgehead atoms. The molecule has 1 N–H and O–H groups in total. The number of anilines is 1. The lowest BCUT2D eigenvalue weighted by Crippen LogP contribution is -2.23. The van der Waals surface area contributed by atoms with E-state index in [2.05, 4.69) is 17.3 Å². The molecule has 2 aromatic heterocycles. The van der Waals surface area contributed by atoms with Crippen LogP contribution < -0.4 is 10.9 Å². The fourth-order valence-corrected chi connectivity index (χ4v) is 4.41. The number of carbonyl (C=O) groups is 1. The first-order chi connectivity index (χ1) is 15.6. The number of carbonyl (C=O) groups excluding carboxylic acids is 1. The molecule has 0 saturated heterocycles. The molecular formula is C26H26N4O2. The van der Waals surface area contributed by atoms with Crippen molar-refractivity contribution >= 4 is 17.1 Å². The molecule has 1 amide bonds. The van der Waals surface area contributed by atoms with Gasteiger partial charge in [0, 0.05) is 29.2 Å². The van der Waals surface area contributed by atoms with Gasteiger partial charge in [0.1, 0.15) is 5.52 Å². The van der Waals surface area contributed by atoms with E-state index in [-0.39, 0.29) is 11.5 Å². The summed E-state index contributed by atoms with van der Waals surface area (Å²) < 4.78 is 3.45. The van der Waals surface area contributed by atoms with Gasteiger partial charge < -0.3 is 9.88 Å². The highest BCUT2D eigenvalue weighted by Crippen LogP contribution is 2.22. The van der Waals surface area contributed by atoms with E-state index in [4.69, 9.17) is 0 Å². The lowest BCUT2D eigenvalue weighted by Gasteiger charge is -2.10. The number of fused-ring (bicyclic) bond motifs is 3. The minimum absolute atomic E-state index is 0.0132. The molecule has 0 unspecified atom stereocenters. The summed E-state index contributed by atoms with van der Waals surface area (Å²) >= 11 is 0. The van der Waals surface area contributed by atoms with Crippen LogP contribution >= 0.6 is 0 Å². The molecular weight excluding hydrogens is 400 g/mol. The summed E-state index contributed by atoms with van der Waals surface area (Å²) in [6, 6.07) is 15.3. The van der Waals surface area contributed by atoms with Gasteiger partial charge in [-0.1, -0.05) is 31.2 Å². The average molecular weight is 427 g/mol. The minimum Gasteiger partial charge on any atom is -0.322 e. The molecule has 6 nitrogen and oxygen atoms in total. The normalized spacial score (nSPS) is 13.2. The predicted octanol–water partition coefficient (Wildman–Crippen LogP) is 4.24. The number of hydrogen-bond acceptors (Lipinski definition) is 3. The molecule has 6 heteroatoms. The monoisotopic (exact) mass is 426 g/mol. The number of benzene rings is 2. The quantitative estimate of drug-likeness (QED) is 0.519. The van der Waals surface area contributed by atoms with Gasteiger partial charge in [0.05, 0.1) is 12.2 Å². The second-order valence-corrected chi connectivity index (χ2v) is 8.36. The fourth-order valence-electron chi connectivity index (χ4n) is 4.41. The van der Waals surface area contributed by atoms with Gasteiger partial charge in [0.25, 0.3) is 11.5 Å². The lowest BCUT2D eigenvalue weighted by atomic mass is 9.97. The van der Waals surface area contributed by atoms with E-state index in [0.717, 1.165) is 54.6 Å². The highest BCUT2D eigenvalue weighted by Gasteiger charge is 2.19. The minimum atomic E-state index is -0.144. The number of rotatable bonds is 5. The van der Waals surface area contributed by atoms with E-state index in [1.54, 1.807) is 27.4 Å². The van der Waals surface area contributed by atoms with E-state index in [1.165, 1.54) is 5.56 Å². The first kappa shape index (κ1) is 20.2. The summed E-state index contributed by atoms with van der Waals surface area (Å²) in [5, 5.41) is 7.55. The maximum absolute atomic E-state index is 13.1. The van der Waals surface area contributed by atoms with Gasteiger partial charge >= 0.3 is 0 Å². The Morgan fingerprint density at radius 1 is 1.03 bits per heavy atom. The van der Waals surface area contributed by atoms with E-state index in [1.807, 2.05) is 42.6 Å². The third-order valence-electron chi connectivity index (χ3n) is 6.20. The van der Waals surface area contributed by atoms with Gasteiger partial charge in [-0.2, -0.15) is 5.10 Å². The molecule has 0 atom stereocenters. The number of aryl methyl sites for hydroxylation is 3. The first-order valence-corrected chi connectivity index (χ1v) is 11.2. The van der Waals surface area contributed by atoms with Gasteiger partial charge in [0.15, 0.2) is 0 Å². The summed E-state index contributed by atoms with van der Waals surface area (Å²) in [7, 11) is 0. The number of aromatic nitrogens is 3. The molecule has 0 aliphatic heterocycles. The van der Waals surface area contributed by atoms with E-state index in [0.29, 0.717) is 17.6 Å². The molecule has 1 aliphatic rings. The molecule has 2 aromatic carbocycles. The van der Waals surface area contributed by atoms with Crippen molar-refractivity contribution in [3.63, 3.8) is 0 Å². The zero-order valence-corrected chi connectivity index (χ0v) is 18.2. The maximum Gasteiger partial charge on any atom is 0.277 e. The van der Waals surface area contributed by atoms with Crippen LogP contribution in [0.5, 0.6) is 0 Å². The summed E-state index contributed by atoms with van der Waals surface area (Å²) in [6.07, 6.45) is 8.68. The third-order valence-corrected chi connectivity index (χ3v) is 6.20. The van der Waals surface area contributed by atoms with Gasteiger partial charge in [-0.05, 0) is 67.5 Å². The topological polar surface area (TPSA) is 68.4 Å². The number of amides is 1. The lowest BCUT2D eigenvalue weighted by molar-refractivity contribution is 0.102. The molecule has 0 saturated carbocycles. The van der Waals surface area contributed by atoms with Crippen LogP contribution in [0.15, 0.2) is 65.7 Å². The Hall–Kier alpha value is -3.67. The summed E-state index contributed by atoms with van der Waals surface area (Å²) in [6.45, 7) is 2.54. The van der Waals surface area contributed by atoms with Crippen LogP contribution in [0.4, 0.5) is 5.69 Å². The Bertz CT molecular complexity index is 1350. The van der Waals surface area contributed by atoms with E-state index >= 15 is 0 Å². The van der Waals surface area contributed by atoms with Crippen molar-refractivity contribution in [3.05, 3.63) is 99.2 Å². The molecule has 2 heterocycles. The smallest absolute Gasteiger partial charge is 0.277 e. The average Bonchev–Trinajstić information content (AvgIpc) is 3.21. The summed E-state index contributed by atoms with van der Waals surface area (Å²) in [5.41, 5.74) is 6.38. The van der Waals surface area contributed by atoms with Crippen LogP contribution in [0.25, 0.3) is 5.52 Å². The largest absolute Gasteiger partial charge is 0.322 e. The standard InChI is InChI=1S/C26H26N4O2/c1-2-18-6-5-7-21(16-18)27-25(31)20-12-10-19(11-13-20)17-29-14-15-30-24(26(29)32)22-8-3-4-9-23(22)28-30/h5-7,10-16H,2-4,8-9,17H2,1H3,(H,27,31). The molecule has 1 aliphatic carbocycles. The second kappa shape index (κ2) is 8.46. The third kappa shape index (κ3) is 3.84. The zero-order chi connectivity index (χ0) is 22.1. The number of nitrogens with one attached hydrogen (secondary N) is 1. The van der Waals surface area contributed by atoms with Gasteiger partial charge in [-0.3, -0.25) is 9.59 Å². The molecule has 5 rings (SSSR count). The van der Waals surface area contributed by atoms with Gasteiger partial charge in [-0.25, -0.2) is 4.52 Å². The molecule has 4 aromatic rings. The van der Waals surface area contributed by atoms with Crippen molar-refractivity contribution in [3.8, 4) is 0 Å². The number of nitrogens with zero attached hydrogens (tertiary/aromatic N) is 3. The van der Waals surface area contributed by atoms with Crippen molar-refractivity contribution in [2.45, 2.75) is 45.6 Å². The Labute approximate surface area is 186 Å². The van der Waals surface area contributed by atoms with E-state index < -0.39 is 0 Å². The summed E-state index contributed by atoms with van der Waals surface area (Å²) in [4.78, 5) is 25.7. The van der Waals surface area contributed by atoms with Crippen LogP contribution in [-0.2, 0) is 25.8 Å². The molecule has 32 heavy (non-hydrogen) atoms. The van der Waals surface area contributed by atoms with Crippen LogP contribution in [0.2, 0.25) is 0 Å². The first-order valence-electron chi connectivity index (χ1n) is 11.2. The summed E-state index contributed by atoms with van der Waals surface area (Å²) in [5.74, 6) is -0.144. The van der Waals surface area contributed by atoms with Crippen LogP contribution in [0, 0.1) is 0 Å². The van der Waals surface area contributed by atoms with Crippen molar-refractivity contribution in [1.29, 1.82) is 0 Å². The molecule has 0 spiro atoms. The van der Waals surface area contributed by atoms with Gasteiger partial charge in [-0.15, -0.1) is 0 Å². The van der Waals surface area contributed by atoms with Gasteiger partial charge in [0.2, 0.25) is 0 Å². The predicted molar refractivity (Wildman–Crippen MR) is 125 cm³/mol. The van der Waals surface area contributed by atoms with Crippen LogP contribution in [0.1, 0.15) is 52.5 Å². The molecule has 0 fully saturated rings. The molecule has 0 radical (unpaired) electrons. The Morgan fingerprint density at radius 3 is 2.66 bits per heavy atom. The Kier molecular flexibility index (Phi) is 5.35. The fraction of sp³-hybridized carbons (Fsp3) is 0.269. The Balaban J connectivity index is 1.34. The zero-order valence-electron chi connectivity index (χ0n) is 18.2. The maximum atomic E-state index is 13.1. The van der Waals surface area contributed by atoms with Crippen molar-refractivity contribution in [2.75, 3.05) is 5.32 Å². The number of hydrogen-bond donors (Lipinski definition) is 1. The van der Waals surface area contributed by atoms with Crippen molar-refractivity contribution < 1.29 is 4.79 Å². The van der Waals surface area contributed by atoms with Crippen LogP contribution in [0.3, 0.4) is 0 Å². The van der Waals surface area contributed by atoms with Crippen molar-refractivity contribution in [2.24, 2.45) is 0 Å². The molecule has 162 valence electrons. The second-order valence-electron chi connectivity index (χ2n) is 8.36. The highest BCUT2D eigenvalue weighted by molar-refractivity contribution is 6.04.